The van der Waals surface area contributed by atoms with Crippen LogP contribution in [-0.2, 0) is 14.8 Å². The Labute approximate surface area is 202 Å². The Hall–Kier alpha value is -1.51. The highest BCUT2D eigenvalue weighted by molar-refractivity contribution is 14.0. The lowest BCUT2D eigenvalue weighted by atomic mass is 10.3. The summed E-state index contributed by atoms with van der Waals surface area (Å²) in [6, 6.07) is 3.23. The Kier molecular flexibility index (Phi) is 12.3. The monoisotopic (exact) mass is 567 g/mol. The second-order valence-electron chi connectivity index (χ2n) is 7.31. The third kappa shape index (κ3) is 9.66. The first-order valence-electron chi connectivity index (χ1n) is 10.3. The number of guanidine groups is 1. The second-order valence-corrected chi connectivity index (χ2v) is 9.07. The molecule has 1 saturated heterocycles. The summed E-state index contributed by atoms with van der Waals surface area (Å²) in [5.74, 6) is 0.796. The molecule has 1 aliphatic rings. The number of sulfonamides is 1. The van der Waals surface area contributed by atoms with Gasteiger partial charge >= 0.3 is 0 Å². The predicted octanol–water partition coefficient (Wildman–Crippen LogP) is 0.0856. The average Bonchev–Trinajstić information content (AvgIpc) is 2.71. The van der Waals surface area contributed by atoms with Crippen LogP contribution in [0.1, 0.15) is 20.8 Å². The van der Waals surface area contributed by atoms with Crippen LogP contribution in [0.5, 0.6) is 0 Å². The number of carbonyl (C=O) groups excluding carboxylic acids is 1. The van der Waals surface area contributed by atoms with Crippen LogP contribution in [-0.4, -0.2) is 93.5 Å². The molecule has 1 amide bonds. The van der Waals surface area contributed by atoms with Crippen LogP contribution in [0.4, 0.5) is 0 Å². The van der Waals surface area contributed by atoms with Crippen molar-refractivity contribution in [1.82, 2.24) is 30.1 Å². The Morgan fingerprint density at radius 3 is 2.55 bits per heavy atom. The van der Waals surface area contributed by atoms with E-state index in [-0.39, 0.29) is 47.4 Å². The number of piperazine rings is 1. The quantitative estimate of drug-likeness (QED) is 0.168. The molecule has 1 fully saturated rings. The van der Waals surface area contributed by atoms with Crippen molar-refractivity contribution in [3.05, 3.63) is 24.5 Å². The van der Waals surface area contributed by atoms with Gasteiger partial charge in [0.05, 0.1) is 13.1 Å². The van der Waals surface area contributed by atoms with Crippen molar-refractivity contribution < 1.29 is 13.2 Å². The molecule has 12 heteroatoms. The molecule has 2 heterocycles. The Bertz CT molecular complexity index is 798. The van der Waals surface area contributed by atoms with E-state index in [9.17, 15) is 13.2 Å². The van der Waals surface area contributed by atoms with Gasteiger partial charge in [0.1, 0.15) is 4.90 Å². The van der Waals surface area contributed by atoms with Crippen molar-refractivity contribution in [2.45, 2.75) is 31.7 Å². The minimum atomic E-state index is -3.58. The van der Waals surface area contributed by atoms with E-state index in [1.165, 1.54) is 18.5 Å². The molecule has 31 heavy (non-hydrogen) atoms. The number of rotatable bonds is 9. The molecule has 1 aromatic rings. The molecular weight excluding hydrogens is 533 g/mol. The SMILES string of the molecule is CCNC(=NCCNS(=O)(=O)c1cccnc1)N1CCN(CC(=O)NC(C)C)CC1.I. The van der Waals surface area contributed by atoms with Gasteiger partial charge in [-0.1, -0.05) is 0 Å². The number of aromatic nitrogens is 1. The fourth-order valence-corrected chi connectivity index (χ4v) is 4.03. The van der Waals surface area contributed by atoms with Gasteiger partial charge in [0.25, 0.3) is 0 Å². The van der Waals surface area contributed by atoms with E-state index in [4.69, 9.17) is 0 Å². The van der Waals surface area contributed by atoms with Crippen molar-refractivity contribution in [3.63, 3.8) is 0 Å². The third-order valence-corrected chi connectivity index (χ3v) is 5.88. The molecule has 2 rings (SSSR count). The number of hydrogen-bond donors (Lipinski definition) is 3. The van der Waals surface area contributed by atoms with E-state index in [0.29, 0.717) is 13.1 Å². The first-order valence-corrected chi connectivity index (χ1v) is 11.7. The summed E-state index contributed by atoms with van der Waals surface area (Å²) in [5, 5.41) is 6.17. The molecule has 176 valence electrons. The first-order chi connectivity index (χ1) is 14.3. The number of amides is 1. The van der Waals surface area contributed by atoms with E-state index in [0.717, 1.165) is 38.7 Å². The molecule has 10 nitrogen and oxygen atoms in total. The topological polar surface area (TPSA) is 119 Å². The van der Waals surface area contributed by atoms with Crippen LogP contribution in [0, 0.1) is 0 Å². The zero-order valence-electron chi connectivity index (χ0n) is 18.4. The Balaban J connectivity index is 0.00000480. The number of pyridine rings is 1. The number of nitrogens with one attached hydrogen (secondary N) is 3. The lowest BCUT2D eigenvalue weighted by molar-refractivity contribution is -0.123. The number of hydrogen-bond acceptors (Lipinski definition) is 6. The van der Waals surface area contributed by atoms with Crippen LogP contribution in [0.3, 0.4) is 0 Å². The Morgan fingerprint density at radius 2 is 1.97 bits per heavy atom. The van der Waals surface area contributed by atoms with Crippen LogP contribution >= 0.6 is 24.0 Å². The summed E-state index contributed by atoms with van der Waals surface area (Å²) < 4.78 is 27.0. The van der Waals surface area contributed by atoms with Gasteiger partial charge < -0.3 is 15.5 Å². The van der Waals surface area contributed by atoms with Crippen LogP contribution in [0.2, 0.25) is 0 Å². The maximum absolute atomic E-state index is 12.2. The number of carbonyl (C=O) groups is 1. The van der Waals surface area contributed by atoms with E-state index in [1.54, 1.807) is 6.07 Å². The van der Waals surface area contributed by atoms with Crippen molar-refractivity contribution in [3.8, 4) is 0 Å². The molecule has 0 unspecified atom stereocenters. The summed E-state index contributed by atoms with van der Waals surface area (Å²) in [4.78, 5) is 24.7. The van der Waals surface area contributed by atoms with Gasteiger partial charge in [-0.2, -0.15) is 0 Å². The molecule has 0 bridgehead atoms. The maximum atomic E-state index is 12.2. The number of halogens is 1. The van der Waals surface area contributed by atoms with Gasteiger partial charge in [0.15, 0.2) is 5.96 Å². The van der Waals surface area contributed by atoms with Gasteiger partial charge in [-0.25, -0.2) is 13.1 Å². The van der Waals surface area contributed by atoms with Crippen molar-refractivity contribution in [2.24, 2.45) is 4.99 Å². The molecule has 0 spiro atoms. The third-order valence-electron chi connectivity index (χ3n) is 4.43. The van der Waals surface area contributed by atoms with E-state index in [2.05, 4.69) is 35.1 Å². The predicted molar refractivity (Wildman–Crippen MR) is 132 cm³/mol. The van der Waals surface area contributed by atoms with Crippen LogP contribution in [0.25, 0.3) is 0 Å². The fourth-order valence-electron chi connectivity index (χ4n) is 3.05. The Morgan fingerprint density at radius 1 is 1.26 bits per heavy atom. The maximum Gasteiger partial charge on any atom is 0.242 e. The highest BCUT2D eigenvalue weighted by atomic mass is 127. The lowest BCUT2D eigenvalue weighted by Gasteiger charge is -2.36. The van der Waals surface area contributed by atoms with Gasteiger partial charge in [-0.15, -0.1) is 24.0 Å². The minimum absolute atomic E-state index is 0. The van der Waals surface area contributed by atoms with E-state index < -0.39 is 10.0 Å². The smallest absolute Gasteiger partial charge is 0.242 e. The van der Waals surface area contributed by atoms with E-state index >= 15 is 0 Å². The summed E-state index contributed by atoms with van der Waals surface area (Å²) in [6.45, 7) is 10.6. The minimum Gasteiger partial charge on any atom is -0.357 e. The molecular formula is C19H34IN7O3S. The first kappa shape index (κ1) is 27.5. The lowest BCUT2D eigenvalue weighted by Crippen LogP contribution is -2.54. The van der Waals surface area contributed by atoms with Gasteiger partial charge in [0.2, 0.25) is 15.9 Å². The summed E-state index contributed by atoms with van der Waals surface area (Å²) in [6.07, 6.45) is 2.85. The summed E-state index contributed by atoms with van der Waals surface area (Å²) in [7, 11) is -3.58. The van der Waals surface area contributed by atoms with Gasteiger partial charge in [0, 0.05) is 57.7 Å². The zero-order chi connectivity index (χ0) is 22.0. The van der Waals surface area contributed by atoms with Gasteiger partial charge in [-0.05, 0) is 32.9 Å². The van der Waals surface area contributed by atoms with E-state index in [1.807, 2.05) is 20.8 Å². The molecule has 0 atom stereocenters. The molecule has 0 aromatic carbocycles. The number of nitrogens with zero attached hydrogens (tertiary/aromatic N) is 4. The molecule has 1 aliphatic heterocycles. The normalized spacial score (nSPS) is 15.5. The van der Waals surface area contributed by atoms with Crippen molar-refractivity contribution in [2.75, 3.05) is 52.4 Å². The largest absolute Gasteiger partial charge is 0.357 e. The standard InChI is InChI=1S/C19H33N7O3S.HI/c1-4-21-19(22-8-9-23-30(28,29)17-6-5-7-20-14-17)26-12-10-25(11-13-26)15-18(27)24-16(2)3;/h5-7,14,16,23H,4,8-13,15H2,1-3H3,(H,21,22)(H,24,27);1H. The second kappa shape index (κ2) is 13.8. The molecule has 3 N–H and O–H groups in total. The highest BCUT2D eigenvalue weighted by Gasteiger charge is 2.21. The molecule has 0 aliphatic carbocycles. The van der Waals surface area contributed by atoms with Gasteiger partial charge in [-0.3, -0.25) is 19.7 Å². The molecule has 0 saturated carbocycles. The molecule has 1 aromatic heterocycles. The van der Waals surface area contributed by atoms with Crippen LogP contribution in [0.15, 0.2) is 34.4 Å². The average molecular weight is 567 g/mol. The zero-order valence-corrected chi connectivity index (χ0v) is 21.5. The molecule has 0 radical (unpaired) electrons. The van der Waals surface area contributed by atoms with Crippen molar-refractivity contribution in [1.29, 1.82) is 0 Å². The number of aliphatic imine (C=N–C) groups is 1. The van der Waals surface area contributed by atoms with Crippen molar-refractivity contribution >= 4 is 45.9 Å². The fraction of sp³-hybridized carbons (Fsp3) is 0.632. The van der Waals surface area contributed by atoms with Crippen LogP contribution < -0.4 is 15.4 Å². The highest BCUT2D eigenvalue weighted by Crippen LogP contribution is 2.05. The summed E-state index contributed by atoms with van der Waals surface area (Å²) in [5.41, 5.74) is 0. The summed E-state index contributed by atoms with van der Waals surface area (Å²) >= 11 is 0.